The van der Waals surface area contributed by atoms with Crippen molar-refractivity contribution in [2.45, 2.75) is 30.7 Å². The minimum Gasteiger partial charge on any atom is -0.467 e. The molecular weight excluding hydrogens is 302 g/mol. The Morgan fingerprint density at radius 1 is 0.909 bits per heavy atom. The van der Waals surface area contributed by atoms with E-state index < -0.39 is 37.3 Å². The smallest absolute Gasteiger partial charge is 0.328 e. The van der Waals surface area contributed by atoms with E-state index in [1.54, 1.807) is 0 Å². The third-order valence-corrected chi connectivity index (χ3v) is 3.01. The van der Waals surface area contributed by atoms with E-state index in [1.165, 1.54) is 14.2 Å². The second-order valence-corrected chi connectivity index (χ2v) is 4.41. The minimum atomic E-state index is -1.58. The van der Waals surface area contributed by atoms with Crippen LogP contribution in [0.2, 0.25) is 0 Å². The monoisotopic (exact) mass is 319 g/mol. The molecule has 0 amide bonds. The minimum absolute atomic E-state index is 0.0913. The van der Waals surface area contributed by atoms with Gasteiger partial charge >= 0.3 is 18.0 Å². The summed E-state index contributed by atoms with van der Waals surface area (Å²) in [6, 6.07) is -0.467. The van der Waals surface area contributed by atoms with Crippen LogP contribution < -0.4 is 14.2 Å². The van der Waals surface area contributed by atoms with Gasteiger partial charge in [0.1, 0.15) is 24.4 Å². The van der Waals surface area contributed by atoms with Gasteiger partial charge in [-0.3, -0.25) is 0 Å². The Bertz CT molecular complexity index is 480. The highest BCUT2D eigenvalue weighted by Gasteiger charge is 2.45. The Kier molecular flexibility index (Phi) is 5.26. The summed E-state index contributed by atoms with van der Waals surface area (Å²) in [5, 5.41) is 38.3. The van der Waals surface area contributed by atoms with Crippen LogP contribution in [0.25, 0.3) is 0 Å². The summed E-state index contributed by atoms with van der Waals surface area (Å²) in [6.45, 7) is -0.575. The molecule has 1 aliphatic rings. The third-order valence-electron chi connectivity index (χ3n) is 3.01. The van der Waals surface area contributed by atoms with Crippen LogP contribution in [0.4, 0.5) is 0 Å². The summed E-state index contributed by atoms with van der Waals surface area (Å²) in [5.74, 6) is 0. The van der Waals surface area contributed by atoms with Gasteiger partial charge in [-0.25, -0.2) is 0 Å². The Balaban J connectivity index is 2.18. The lowest BCUT2D eigenvalue weighted by Gasteiger charge is -2.39. The first-order valence-electron chi connectivity index (χ1n) is 6.31. The number of ether oxygens (including phenoxy) is 4. The molecule has 0 bridgehead atoms. The second-order valence-electron chi connectivity index (χ2n) is 4.41. The average molecular weight is 319 g/mol. The van der Waals surface area contributed by atoms with Gasteiger partial charge in [0.15, 0.2) is 0 Å². The first kappa shape index (κ1) is 16.6. The number of aromatic nitrogens is 3. The van der Waals surface area contributed by atoms with Crippen LogP contribution in [0.5, 0.6) is 18.0 Å². The van der Waals surface area contributed by atoms with Gasteiger partial charge in [-0.15, -0.1) is 15.0 Å². The van der Waals surface area contributed by atoms with Gasteiger partial charge in [-0.1, -0.05) is 0 Å². The fraction of sp³-hybridized carbons (Fsp3) is 0.727. The highest BCUT2D eigenvalue weighted by molar-refractivity contribution is 5.09. The van der Waals surface area contributed by atoms with Crippen molar-refractivity contribution in [3.63, 3.8) is 0 Å². The highest BCUT2D eigenvalue weighted by Crippen LogP contribution is 2.24. The first-order valence-corrected chi connectivity index (χ1v) is 6.31. The topological polar surface area (TPSA) is 157 Å². The van der Waals surface area contributed by atoms with Crippen molar-refractivity contribution in [1.82, 2.24) is 15.0 Å². The molecule has 0 unspecified atom stereocenters. The summed E-state index contributed by atoms with van der Waals surface area (Å²) in [7, 11) is 2.65. The maximum Gasteiger partial charge on any atom is 0.328 e. The fourth-order valence-corrected chi connectivity index (χ4v) is 1.82. The molecule has 4 N–H and O–H groups in total. The highest BCUT2D eigenvalue weighted by atomic mass is 16.7. The van der Waals surface area contributed by atoms with Crippen LogP contribution in [0, 0.1) is 0 Å². The van der Waals surface area contributed by atoms with Gasteiger partial charge < -0.3 is 39.4 Å². The summed E-state index contributed by atoms with van der Waals surface area (Å²) in [4.78, 5) is 11.3. The van der Waals surface area contributed by atoms with E-state index in [1.807, 2.05) is 0 Å². The van der Waals surface area contributed by atoms with E-state index in [0.717, 1.165) is 0 Å². The summed E-state index contributed by atoms with van der Waals surface area (Å²) in [5.41, 5.74) is 0. The van der Waals surface area contributed by atoms with Crippen molar-refractivity contribution < 1.29 is 39.4 Å². The number of aliphatic hydroxyl groups excluding tert-OH is 4. The second kappa shape index (κ2) is 6.98. The van der Waals surface area contributed by atoms with Gasteiger partial charge in [0.05, 0.1) is 20.8 Å². The van der Waals surface area contributed by atoms with Crippen molar-refractivity contribution >= 4 is 0 Å². The van der Waals surface area contributed by atoms with E-state index >= 15 is 0 Å². The molecule has 1 aromatic rings. The van der Waals surface area contributed by atoms with Gasteiger partial charge in [-0.05, 0) is 0 Å². The van der Waals surface area contributed by atoms with E-state index in [4.69, 9.17) is 24.1 Å². The number of hydrogen-bond acceptors (Lipinski definition) is 11. The Morgan fingerprint density at radius 2 is 1.45 bits per heavy atom. The molecule has 124 valence electrons. The molecule has 1 saturated heterocycles. The van der Waals surface area contributed by atoms with Crippen molar-refractivity contribution in [1.29, 1.82) is 0 Å². The molecule has 5 atom stereocenters. The summed E-state index contributed by atoms with van der Waals surface area (Å²) >= 11 is 0. The standard InChI is InChI=1S/C11H17N3O8/c1-19-9-12-10(20-2)14-11(13-9)22-8-7(18)6(17)5(16)4(3-15)21-8/h4-8,15-18H,3H2,1-2H3/t4-,5-,6+,7-,8+/m1/s1. The number of nitrogens with zero attached hydrogens (tertiary/aromatic N) is 3. The molecular formula is C11H17N3O8. The van der Waals surface area contributed by atoms with Crippen molar-refractivity contribution in [2.24, 2.45) is 0 Å². The fourth-order valence-electron chi connectivity index (χ4n) is 1.82. The van der Waals surface area contributed by atoms with Gasteiger partial charge in [-0.2, -0.15) is 0 Å². The van der Waals surface area contributed by atoms with E-state index in [9.17, 15) is 15.3 Å². The molecule has 11 heteroatoms. The zero-order valence-electron chi connectivity index (χ0n) is 11.9. The molecule has 0 aliphatic carbocycles. The summed E-state index contributed by atoms with van der Waals surface area (Å²) < 4.78 is 20.1. The summed E-state index contributed by atoms with van der Waals surface area (Å²) in [6.07, 6.45) is -7.14. The average Bonchev–Trinajstić information content (AvgIpc) is 2.54. The van der Waals surface area contributed by atoms with Gasteiger partial charge in [0.2, 0.25) is 6.29 Å². The molecule has 1 aliphatic heterocycles. The van der Waals surface area contributed by atoms with Crippen LogP contribution in [0.15, 0.2) is 0 Å². The van der Waals surface area contributed by atoms with Crippen molar-refractivity contribution in [3.05, 3.63) is 0 Å². The molecule has 1 fully saturated rings. The normalized spacial score (nSPS) is 31.6. The molecule has 0 spiro atoms. The largest absolute Gasteiger partial charge is 0.467 e. The molecule has 11 nitrogen and oxygen atoms in total. The molecule has 1 aromatic heterocycles. The number of hydrogen-bond donors (Lipinski definition) is 4. The number of methoxy groups -OCH3 is 2. The molecule has 2 heterocycles. The number of aliphatic hydroxyl groups is 4. The van der Waals surface area contributed by atoms with Crippen LogP contribution in [-0.4, -0.2) is 86.9 Å². The lowest BCUT2D eigenvalue weighted by molar-refractivity contribution is -0.278. The molecule has 22 heavy (non-hydrogen) atoms. The van der Waals surface area contributed by atoms with E-state index in [-0.39, 0.29) is 18.0 Å². The third kappa shape index (κ3) is 3.34. The van der Waals surface area contributed by atoms with E-state index in [0.29, 0.717) is 0 Å². The lowest BCUT2D eigenvalue weighted by Crippen LogP contribution is -2.60. The Morgan fingerprint density at radius 3 is 1.95 bits per heavy atom. The van der Waals surface area contributed by atoms with Crippen LogP contribution in [0.3, 0.4) is 0 Å². The predicted molar refractivity (Wildman–Crippen MR) is 67.3 cm³/mol. The van der Waals surface area contributed by atoms with E-state index in [2.05, 4.69) is 15.0 Å². The van der Waals surface area contributed by atoms with Gasteiger partial charge in [0, 0.05) is 0 Å². The molecule has 0 saturated carbocycles. The van der Waals surface area contributed by atoms with Crippen LogP contribution in [-0.2, 0) is 4.74 Å². The lowest BCUT2D eigenvalue weighted by atomic mass is 9.99. The quantitative estimate of drug-likeness (QED) is 0.440. The van der Waals surface area contributed by atoms with Crippen LogP contribution in [0.1, 0.15) is 0 Å². The maximum atomic E-state index is 9.86. The van der Waals surface area contributed by atoms with Crippen molar-refractivity contribution in [3.8, 4) is 18.0 Å². The number of rotatable bonds is 5. The molecule has 2 rings (SSSR count). The van der Waals surface area contributed by atoms with Crippen LogP contribution >= 0.6 is 0 Å². The maximum absolute atomic E-state index is 9.86. The first-order chi connectivity index (χ1) is 10.5. The predicted octanol–water partition coefficient (Wildman–Crippen LogP) is -2.93. The SMILES string of the molecule is COc1nc(OC)nc(O[C@@H]2O[C@H](CO)[C@@H](O)[C@H](O)[C@H]2O)n1. The Hall–Kier alpha value is -1.79. The van der Waals surface area contributed by atoms with Crippen molar-refractivity contribution in [2.75, 3.05) is 20.8 Å². The zero-order valence-corrected chi connectivity index (χ0v) is 11.9. The molecule has 0 radical (unpaired) electrons. The Labute approximate surface area is 125 Å². The van der Waals surface area contributed by atoms with Gasteiger partial charge in [0.25, 0.3) is 0 Å². The molecule has 0 aromatic carbocycles. The zero-order chi connectivity index (χ0) is 16.3.